The number of fused-ring (bicyclic) bond motifs is 1. The van der Waals surface area contributed by atoms with Crippen molar-refractivity contribution in [3.8, 4) is 22.7 Å². The topological polar surface area (TPSA) is 83.8 Å². The van der Waals surface area contributed by atoms with Crippen LogP contribution >= 0.6 is 23.2 Å². The molecule has 0 aliphatic rings. The molecule has 5 aromatic rings. The number of hydrogen-bond acceptors (Lipinski definition) is 4. The number of aryl methyl sites for hydroxylation is 1. The molecule has 2 N–H and O–H groups in total. The van der Waals surface area contributed by atoms with E-state index in [9.17, 15) is 4.79 Å². The third kappa shape index (κ3) is 4.74. The summed E-state index contributed by atoms with van der Waals surface area (Å²) in [6.45, 7) is 6.31. The Hall–Kier alpha value is -3.61. The minimum absolute atomic E-state index is 0.150. The van der Waals surface area contributed by atoms with Gasteiger partial charge in [0.1, 0.15) is 11.2 Å². The molecular weight excluding hydrogens is 495 g/mol. The Balaban J connectivity index is 1.38. The number of benzene rings is 3. The predicted molar refractivity (Wildman–Crippen MR) is 145 cm³/mol. The van der Waals surface area contributed by atoms with Crippen molar-refractivity contribution in [2.75, 3.05) is 5.32 Å². The monoisotopic (exact) mass is 518 g/mol. The van der Waals surface area contributed by atoms with Gasteiger partial charge in [0, 0.05) is 27.5 Å². The SMILES string of the molecule is Cc1ccc(C(C)C)c2oc(-c3c[nH]nc3-c3ccc(NC(=O)Cc4ccc(Cl)cc4Cl)cc3)nc12. The molecule has 0 spiro atoms. The predicted octanol–water partition coefficient (Wildman–Crippen LogP) is 7.80. The lowest BCUT2D eigenvalue weighted by Gasteiger charge is -2.08. The second-order valence-electron chi connectivity index (χ2n) is 9.01. The van der Waals surface area contributed by atoms with E-state index in [0.29, 0.717) is 33.1 Å². The average molecular weight is 519 g/mol. The van der Waals surface area contributed by atoms with E-state index in [1.165, 1.54) is 0 Å². The molecule has 0 atom stereocenters. The number of anilines is 1. The fourth-order valence-corrected chi connectivity index (χ4v) is 4.63. The standard InChI is InChI=1S/C28H24Cl2N4O2/c1-15(2)21-11-4-16(3)25-27(21)36-28(33-25)22-14-31-34-26(22)17-6-9-20(10-7-17)32-24(35)12-18-5-8-19(29)13-23(18)30/h4-11,13-15H,12H2,1-3H3,(H,31,34)(H,32,35). The van der Waals surface area contributed by atoms with Crippen molar-refractivity contribution in [1.29, 1.82) is 0 Å². The molecule has 8 heteroatoms. The van der Waals surface area contributed by atoms with E-state index in [0.717, 1.165) is 39.0 Å². The minimum atomic E-state index is -0.171. The van der Waals surface area contributed by atoms with Gasteiger partial charge in [-0.2, -0.15) is 5.10 Å². The molecule has 2 heterocycles. The molecule has 0 aliphatic heterocycles. The Labute approximate surface area is 218 Å². The van der Waals surface area contributed by atoms with E-state index >= 15 is 0 Å². The van der Waals surface area contributed by atoms with Crippen LogP contribution in [-0.4, -0.2) is 21.1 Å². The number of rotatable bonds is 6. The lowest BCUT2D eigenvalue weighted by Crippen LogP contribution is -2.14. The molecule has 3 aromatic carbocycles. The quantitative estimate of drug-likeness (QED) is 0.240. The first-order valence-corrected chi connectivity index (χ1v) is 12.3. The fourth-order valence-electron chi connectivity index (χ4n) is 4.15. The Bertz CT molecular complexity index is 1570. The zero-order valence-corrected chi connectivity index (χ0v) is 21.5. The van der Waals surface area contributed by atoms with Crippen LogP contribution in [0.3, 0.4) is 0 Å². The van der Waals surface area contributed by atoms with Crippen molar-refractivity contribution in [2.45, 2.75) is 33.1 Å². The second-order valence-corrected chi connectivity index (χ2v) is 9.85. The van der Waals surface area contributed by atoms with Gasteiger partial charge < -0.3 is 9.73 Å². The van der Waals surface area contributed by atoms with Gasteiger partial charge in [0.05, 0.1) is 12.0 Å². The van der Waals surface area contributed by atoms with Crippen LogP contribution in [-0.2, 0) is 11.2 Å². The van der Waals surface area contributed by atoms with Crippen LogP contribution in [0.15, 0.2) is 65.2 Å². The number of nitrogens with zero attached hydrogens (tertiary/aromatic N) is 2. The number of aromatic amines is 1. The molecule has 0 aliphatic carbocycles. The number of amides is 1. The molecule has 1 amide bonds. The summed E-state index contributed by atoms with van der Waals surface area (Å²) in [4.78, 5) is 17.3. The van der Waals surface area contributed by atoms with Crippen molar-refractivity contribution < 1.29 is 9.21 Å². The van der Waals surface area contributed by atoms with Gasteiger partial charge in [0.15, 0.2) is 5.58 Å². The maximum atomic E-state index is 12.5. The van der Waals surface area contributed by atoms with Crippen LogP contribution in [0.25, 0.3) is 33.8 Å². The van der Waals surface area contributed by atoms with Gasteiger partial charge in [-0.25, -0.2) is 4.98 Å². The van der Waals surface area contributed by atoms with Gasteiger partial charge in [-0.05, 0) is 53.8 Å². The van der Waals surface area contributed by atoms with Crippen LogP contribution < -0.4 is 5.32 Å². The lowest BCUT2D eigenvalue weighted by molar-refractivity contribution is -0.115. The first-order valence-electron chi connectivity index (χ1n) is 11.6. The van der Waals surface area contributed by atoms with Crippen LogP contribution in [0, 0.1) is 6.92 Å². The number of H-pyrrole nitrogens is 1. The largest absolute Gasteiger partial charge is 0.436 e. The number of carbonyl (C=O) groups excluding carboxylic acids is 1. The third-order valence-corrected chi connectivity index (χ3v) is 6.66. The van der Waals surface area contributed by atoms with Crippen molar-refractivity contribution in [3.05, 3.63) is 87.5 Å². The van der Waals surface area contributed by atoms with Gasteiger partial charge in [0.2, 0.25) is 11.8 Å². The summed E-state index contributed by atoms with van der Waals surface area (Å²) >= 11 is 12.1. The molecular formula is C28H24Cl2N4O2. The molecule has 0 unspecified atom stereocenters. The highest BCUT2D eigenvalue weighted by Gasteiger charge is 2.20. The number of oxazole rings is 1. The zero-order chi connectivity index (χ0) is 25.4. The summed E-state index contributed by atoms with van der Waals surface area (Å²) in [5.74, 6) is 0.661. The number of aromatic nitrogens is 3. The molecule has 0 saturated carbocycles. The fraction of sp³-hybridized carbons (Fsp3) is 0.179. The molecule has 182 valence electrons. The smallest absolute Gasteiger partial charge is 0.231 e. The zero-order valence-electron chi connectivity index (χ0n) is 20.0. The van der Waals surface area contributed by atoms with Crippen molar-refractivity contribution >= 4 is 45.9 Å². The lowest BCUT2D eigenvalue weighted by atomic mass is 10.0. The Morgan fingerprint density at radius 3 is 2.58 bits per heavy atom. The number of nitrogens with one attached hydrogen (secondary N) is 2. The highest BCUT2D eigenvalue weighted by molar-refractivity contribution is 6.35. The highest BCUT2D eigenvalue weighted by Crippen LogP contribution is 2.35. The Morgan fingerprint density at radius 1 is 1.08 bits per heavy atom. The Morgan fingerprint density at radius 2 is 1.86 bits per heavy atom. The summed E-state index contributed by atoms with van der Waals surface area (Å²) in [6, 6.07) is 16.7. The van der Waals surface area contributed by atoms with Crippen molar-refractivity contribution in [2.24, 2.45) is 0 Å². The van der Waals surface area contributed by atoms with E-state index in [2.05, 4.69) is 41.5 Å². The van der Waals surface area contributed by atoms with E-state index in [4.69, 9.17) is 32.6 Å². The number of carbonyl (C=O) groups is 1. The number of hydrogen-bond donors (Lipinski definition) is 2. The first kappa shape index (κ1) is 24.1. The third-order valence-electron chi connectivity index (χ3n) is 6.08. The average Bonchev–Trinajstić information content (AvgIpc) is 3.49. The van der Waals surface area contributed by atoms with Gasteiger partial charge in [-0.3, -0.25) is 9.89 Å². The molecule has 6 nitrogen and oxygen atoms in total. The highest BCUT2D eigenvalue weighted by atomic mass is 35.5. The van der Waals surface area contributed by atoms with E-state index in [-0.39, 0.29) is 12.3 Å². The molecule has 5 rings (SSSR count). The van der Waals surface area contributed by atoms with Gasteiger partial charge in [-0.1, -0.05) is 67.4 Å². The van der Waals surface area contributed by atoms with E-state index in [1.807, 2.05) is 31.2 Å². The molecule has 0 radical (unpaired) electrons. The van der Waals surface area contributed by atoms with Gasteiger partial charge >= 0.3 is 0 Å². The van der Waals surface area contributed by atoms with Gasteiger partial charge in [-0.15, -0.1) is 0 Å². The molecule has 0 saturated heterocycles. The normalized spacial score (nSPS) is 11.4. The van der Waals surface area contributed by atoms with Crippen LogP contribution in [0.5, 0.6) is 0 Å². The van der Waals surface area contributed by atoms with Crippen LogP contribution in [0.4, 0.5) is 5.69 Å². The van der Waals surface area contributed by atoms with Crippen LogP contribution in [0.1, 0.15) is 36.5 Å². The van der Waals surface area contributed by atoms with E-state index in [1.54, 1.807) is 24.4 Å². The summed E-state index contributed by atoms with van der Waals surface area (Å²) in [5, 5.41) is 11.3. The summed E-state index contributed by atoms with van der Waals surface area (Å²) in [7, 11) is 0. The van der Waals surface area contributed by atoms with Crippen molar-refractivity contribution in [1.82, 2.24) is 15.2 Å². The molecule has 0 bridgehead atoms. The summed E-state index contributed by atoms with van der Waals surface area (Å²) in [6.07, 6.45) is 1.94. The first-order chi connectivity index (χ1) is 17.3. The van der Waals surface area contributed by atoms with Crippen LogP contribution in [0.2, 0.25) is 10.0 Å². The summed E-state index contributed by atoms with van der Waals surface area (Å²) < 4.78 is 6.25. The molecule has 0 fully saturated rings. The Kier molecular flexibility index (Phi) is 6.56. The maximum Gasteiger partial charge on any atom is 0.231 e. The van der Waals surface area contributed by atoms with Crippen molar-refractivity contribution in [3.63, 3.8) is 0 Å². The van der Waals surface area contributed by atoms with E-state index < -0.39 is 0 Å². The maximum absolute atomic E-state index is 12.5. The minimum Gasteiger partial charge on any atom is -0.436 e. The van der Waals surface area contributed by atoms with Gasteiger partial charge in [0.25, 0.3) is 0 Å². The molecule has 2 aromatic heterocycles. The molecule has 36 heavy (non-hydrogen) atoms. The number of halogens is 2. The summed E-state index contributed by atoms with van der Waals surface area (Å²) in [5.41, 5.74) is 7.61. The second kappa shape index (κ2) is 9.80.